The van der Waals surface area contributed by atoms with E-state index < -0.39 is 10.4 Å². The zero-order valence-corrected chi connectivity index (χ0v) is 8.81. The van der Waals surface area contributed by atoms with Crippen molar-refractivity contribution in [3.05, 3.63) is 36.4 Å². The van der Waals surface area contributed by atoms with Gasteiger partial charge in [-0.3, -0.25) is 4.55 Å². The van der Waals surface area contributed by atoms with Crippen LogP contribution in [0.5, 0.6) is 11.5 Å². The fourth-order valence-electron chi connectivity index (χ4n) is 1.39. The highest BCUT2D eigenvalue weighted by molar-refractivity contribution is 7.81. The molecule has 5 nitrogen and oxygen atoms in total. The number of phenolic OH excluding ortho intramolecular Hbond substituents is 1. The van der Waals surface area contributed by atoms with E-state index in [1.807, 2.05) is 0 Å². The van der Waals surface area contributed by atoms with Crippen LogP contribution in [0.3, 0.4) is 0 Å². The second-order valence-corrected chi connectivity index (χ2v) is 4.23. The van der Waals surface area contributed by atoms with Crippen LogP contribution < -0.4 is 4.18 Å². The maximum atomic E-state index is 10.5. The van der Waals surface area contributed by atoms with Crippen molar-refractivity contribution in [3.63, 3.8) is 0 Å². The van der Waals surface area contributed by atoms with E-state index in [1.165, 1.54) is 24.3 Å². The van der Waals surface area contributed by atoms with E-state index in [4.69, 9.17) is 4.55 Å². The Bertz CT molecular complexity index is 633. The summed E-state index contributed by atoms with van der Waals surface area (Å²) in [5.41, 5.74) is 0. The molecule has 0 radical (unpaired) electrons. The molecule has 2 aromatic rings. The van der Waals surface area contributed by atoms with Crippen molar-refractivity contribution in [1.82, 2.24) is 0 Å². The monoisotopic (exact) mass is 240 g/mol. The summed E-state index contributed by atoms with van der Waals surface area (Å²) in [6, 6.07) is 9.10. The summed E-state index contributed by atoms with van der Waals surface area (Å²) < 4.78 is 33.8. The predicted molar refractivity (Wildman–Crippen MR) is 57.8 cm³/mol. The predicted octanol–water partition coefficient (Wildman–Crippen LogP) is 1.73. The van der Waals surface area contributed by atoms with Crippen LogP contribution >= 0.6 is 0 Å². The van der Waals surface area contributed by atoms with E-state index in [0.29, 0.717) is 5.39 Å². The Hall–Kier alpha value is -1.79. The topological polar surface area (TPSA) is 83.8 Å². The third-order valence-electron chi connectivity index (χ3n) is 2.00. The van der Waals surface area contributed by atoms with E-state index >= 15 is 0 Å². The van der Waals surface area contributed by atoms with Gasteiger partial charge in [0.2, 0.25) is 0 Å². The van der Waals surface area contributed by atoms with E-state index in [2.05, 4.69) is 4.18 Å². The third-order valence-corrected chi connectivity index (χ3v) is 2.40. The largest absolute Gasteiger partial charge is 0.508 e. The van der Waals surface area contributed by atoms with Crippen LogP contribution in [0.2, 0.25) is 0 Å². The summed E-state index contributed by atoms with van der Waals surface area (Å²) in [7, 11) is -4.52. The molecule has 0 aliphatic heterocycles. The molecule has 0 atom stereocenters. The summed E-state index contributed by atoms with van der Waals surface area (Å²) >= 11 is 0. The van der Waals surface area contributed by atoms with Crippen LogP contribution in [0, 0.1) is 0 Å². The van der Waals surface area contributed by atoms with Crippen molar-refractivity contribution in [2.45, 2.75) is 0 Å². The second-order valence-electron chi connectivity index (χ2n) is 3.20. The number of hydrogen-bond acceptors (Lipinski definition) is 4. The van der Waals surface area contributed by atoms with Crippen molar-refractivity contribution in [2.24, 2.45) is 0 Å². The Morgan fingerprint density at radius 1 is 1.00 bits per heavy atom. The van der Waals surface area contributed by atoms with E-state index in [-0.39, 0.29) is 11.5 Å². The number of hydrogen-bond donors (Lipinski definition) is 2. The molecule has 0 aromatic heterocycles. The van der Waals surface area contributed by atoms with E-state index in [1.54, 1.807) is 12.1 Å². The van der Waals surface area contributed by atoms with Crippen molar-refractivity contribution in [3.8, 4) is 11.5 Å². The van der Waals surface area contributed by atoms with Gasteiger partial charge in [0.15, 0.2) is 0 Å². The first kappa shape index (κ1) is 10.7. The van der Waals surface area contributed by atoms with Crippen molar-refractivity contribution in [2.75, 3.05) is 0 Å². The van der Waals surface area contributed by atoms with Crippen LogP contribution in [-0.4, -0.2) is 18.1 Å². The van der Waals surface area contributed by atoms with Crippen LogP contribution in [0.15, 0.2) is 36.4 Å². The lowest BCUT2D eigenvalue weighted by Gasteiger charge is -2.03. The van der Waals surface area contributed by atoms with Crippen LogP contribution in [0.25, 0.3) is 10.8 Å². The maximum absolute atomic E-state index is 10.5. The summed E-state index contributed by atoms with van der Waals surface area (Å²) in [4.78, 5) is 0. The molecule has 0 fully saturated rings. The van der Waals surface area contributed by atoms with Gasteiger partial charge >= 0.3 is 10.4 Å². The first-order valence-electron chi connectivity index (χ1n) is 4.34. The summed E-state index contributed by atoms with van der Waals surface area (Å²) in [6.07, 6.45) is 0. The minimum atomic E-state index is -4.52. The van der Waals surface area contributed by atoms with Gasteiger partial charge in [0.1, 0.15) is 11.5 Å². The quantitative estimate of drug-likeness (QED) is 0.781. The van der Waals surface area contributed by atoms with E-state index in [9.17, 15) is 13.5 Å². The van der Waals surface area contributed by atoms with Crippen molar-refractivity contribution in [1.29, 1.82) is 0 Å². The normalized spacial score (nSPS) is 11.6. The molecule has 0 saturated carbocycles. The molecule has 84 valence electrons. The van der Waals surface area contributed by atoms with E-state index in [0.717, 1.165) is 5.39 Å². The molecule has 0 amide bonds. The number of fused-ring (bicyclic) bond motifs is 1. The molecular weight excluding hydrogens is 232 g/mol. The molecule has 2 aromatic carbocycles. The first-order chi connectivity index (χ1) is 7.44. The molecule has 6 heteroatoms. The Labute approximate surface area is 91.9 Å². The second kappa shape index (κ2) is 3.66. The third kappa shape index (κ3) is 2.41. The Balaban J connectivity index is 2.51. The standard InChI is InChI=1S/C10H8O5S/c11-9-3-1-7-2-4-10(6-8(7)5-9)15-16(12,13)14/h1-6,11H,(H,12,13,14). The SMILES string of the molecule is O=S(=O)(O)Oc1ccc2ccc(O)cc2c1. The molecule has 2 rings (SSSR count). The minimum Gasteiger partial charge on any atom is -0.508 e. The van der Waals surface area contributed by atoms with Gasteiger partial charge in [0.05, 0.1) is 0 Å². The summed E-state index contributed by atoms with van der Waals surface area (Å²) in [5, 5.41) is 10.7. The van der Waals surface area contributed by atoms with Gasteiger partial charge in [-0.2, -0.15) is 8.42 Å². The molecular formula is C10H8O5S. The highest BCUT2D eigenvalue weighted by Gasteiger charge is 2.07. The van der Waals surface area contributed by atoms with Crippen LogP contribution in [-0.2, 0) is 10.4 Å². The molecule has 0 unspecified atom stereocenters. The van der Waals surface area contributed by atoms with Gasteiger partial charge in [-0.15, -0.1) is 0 Å². The molecule has 0 aliphatic carbocycles. The Morgan fingerprint density at radius 2 is 1.69 bits per heavy atom. The highest BCUT2D eigenvalue weighted by atomic mass is 32.3. The average molecular weight is 240 g/mol. The smallest absolute Gasteiger partial charge is 0.446 e. The number of aromatic hydroxyl groups is 1. The van der Waals surface area contributed by atoms with Crippen molar-refractivity contribution < 1.29 is 22.3 Å². The fraction of sp³-hybridized carbons (Fsp3) is 0. The zero-order chi connectivity index (χ0) is 11.8. The van der Waals surface area contributed by atoms with Gasteiger partial charge in [-0.05, 0) is 35.0 Å². The summed E-state index contributed by atoms with van der Waals surface area (Å²) in [5.74, 6) is 0.0529. The molecule has 0 aliphatic rings. The van der Waals surface area contributed by atoms with Gasteiger partial charge in [0.25, 0.3) is 0 Å². The Morgan fingerprint density at radius 3 is 2.38 bits per heavy atom. The minimum absolute atomic E-state index is 0.0133. The Kier molecular flexibility index (Phi) is 2.45. The molecule has 0 heterocycles. The van der Waals surface area contributed by atoms with Gasteiger partial charge in [0, 0.05) is 0 Å². The molecule has 2 N–H and O–H groups in total. The lowest BCUT2D eigenvalue weighted by Crippen LogP contribution is -2.06. The average Bonchev–Trinajstić information content (AvgIpc) is 2.14. The van der Waals surface area contributed by atoms with Crippen molar-refractivity contribution >= 4 is 21.2 Å². The fourth-order valence-corrected chi connectivity index (χ4v) is 1.73. The zero-order valence-electron chi connectivity index (χ0n) is 7.99. The van der Waals surface area contributed by atoms with Crippen LogP contribution in [0.4, 0.5) is 0 Å². The number of rotatable bonds is 2. The van der Waals surface area contributed by atoms with Gasteiger partial charge < -0.3 is 9.29 Å². The first-order valence-corrected chi connectivity index (χ1v) is 5.70. The van der Waals surface area contributed by atoms with Gasteiger partial charge in [-0.25, -0.2) is 0 Å². The lowest BCUT2D eigenvalue weighted by molar-refractivity contribution is 0.387. The summed E-state index contributed by atoms with van der Waals surface area (Å²) in [6.45, 7) is 0. The van der Waals surface area contributed by atoms with Crippen LogP contribution in [0.1, 0.15) is 0 Å². The molecule has 0 bridgehead atoms. The molecule has 0 saturated heterocycles. The highest BCUT2D eigenvalue weighted by Crippen LogP contribution is 2.24. The molecule has 16 heavy (non-hydrogen) atoms. The maximum Gasteiger partial charge on any atom is 0.446 e. The number of benzene rings is 2. The number of phenols is 1. The lowest BCUT2D eigenvalue weighted by atomic mass is 10.1. The molecule has 0 spiro atoms. The van der Waals surface area contributed by atoms with Gasteiger partial charge in [-0.1, -0.05) is 12.1 Å².